The highest BCUT2D eigenvalue weighted by atomic mass is 16.6. The third-order valence-electron chi connectivity index (χ3n) is 4.33. The molecule has 2 aromatic rings. The van der Waals surface area contributed by atoms with Gasteiger partial charge in [0.05, 0.1) is 20.0 Å². The number of benzene rings is 2. The van der Waals surface area contributed by atoms with Crippen LogP contribution in [0.4, 0.5) is 0 Å². The predicted octanol–water partition coefficient (Wildman–Crippen LogP) is 1.50. The van der Waals surface area contributed by atoms with Gasteiger partial charge in [-0.15, -0.1) is 0 Å². The zero-order valence-electron chi connectivity index (χ0n) is 18.7. The molecule has 0 amide bonds. The quantitative estimate of drug-likeness (QED) is 0.212. The van der Waals surface area contributed by atoms with E-state index >= 15 is 0 Å². The maximum atomic E-state index is 12.5. The van der Waals surface area contributed by atoms with Crippen LogP contribution in [-0.2, 0) is 60.6 Å². The minimum Gasteiger partial charge on any atom is -0.466 e. The van der Waals surface area contributed by atoms with Crippen LogP contribution >= 0.6 is 0 Å². The molecule has 0 unspecified atom stereocenters. The Hall–Kier alpha value is -4.60. The maximum Gasteiger partial charge on any atom is 0.331 e. The highest BCUT2D eigenvalue weighted by molar-refractivity contribution is 6.03. The lowest BCUT2D eigenvalue weighted by atomic mass is 10.1. The van der Waals surface area contributed by atoms with Gasteiger partial charge in [-0.2, -0.15) is 0 Å². The Kier molecular flexibility index (Phi) is 10.5. The number of hydrogen-bond donors (Lipinski definition) is 0. The van der Waals surface area contributed by atoms with Crippen molar-refractivity contribution in [3.8, 4) is 0 Å². The van der Waals surface area contributed by atoms with Crippen molar-refractivity contribution in [1.82, 2.24) is 0 Å². The van der Waals surface area contributed by atoms with Gasteiger partial charge in [-0.25, -0.2) is 9.59 Å². The Morgan fingerprint density at radius 3 is 1.54 bits per heavy atom. The van der Waals surface area contributed by atoms with E-state index < -0.39 is 48.3 Å². The number of rotatable bonds is 10. The number of methoxy groups -OCH3 is 1. The van der Waals surface area contributed by atoms with Crippen LogP contribution in [0.25, 0.3) is 0 Å². The molecule has 0 radical (unpaired) electrons. The van der Waals surface area contributed by atoms with Gasteiger partial charge in [0, 0.05) is 12.2 Å². The Labute approximate surface area is 200 Å². The molecule has 10 nitrogen and oxygen atoms in total. The first-order valence-corrected chi connectivity index (χ1v) is 10.3. The van der Waals surface area contributed by atoms with Crippen LogP contribution < -0.4 is 0 Å². The average molecular weight is 482 g/mol. The first-order valence-electron chi connectivity index (χ1n) is 10.3. The molecule has 0 saturated heterocycles. The van der Waals surface area contributed by atoms with Gasteiger partial charge in [-0.3, -0.25) is 19.2 Å². The minimum absolute atomic E-state index is 0.261. The van der Waals surface area contributed by atoms with Crippen LogP contribution in [0.3, 0.4) is 0 Å². The summed E-state index contributed by atoms with van der Waals surface area (Å²) in [5, 5.41) is 0. The van der Waals surface area contributed by atoms with Gasteiger partial charge in [-0.05, 0) is 11.1 Å². The van der Waals surface area contributed by atoms with E-state index in [4.69, 9.17) is 14.2 Å². The number of hydrogen-bond acceptors (Lipinski definition) is 10. The Bertz CT molecular complexity index is 1020. The summed E-state index contributed by atoms with van der Waals surface area (Å²) < 4.78 is 18.5. The van der Waals surface area contributed by atoms with Gasteiger partial charge in [0.25, 0.3) is 0 Å². The van der Waals surface area contributed by atoms with E-state index in [1.165, 1.54) is 0 Å². The summed E-state index contributed by atoms with van der Waals surface area (Å²) in [4.78, 5) is 72.1. The van der Waals surface area contributed by atoms with Crippen molar-refractivity contribution in [1.29, 1.82) is 0 Å². The van der Waals surface area contributed by atoms with E-state index in [1.807, 2.05) is 0 Å². The van der Waals surface area contributed by atoms with E-state index in [0.29, 0.717) is 17.2 Å². The number of ether oxygens (including phenoxy) is 4. The lowest BCUT2D eigenvalue weighted by Gasteiger charge is -2.14. The average Bonchev–Trinajstić information content (AvgIpc) is 2.83. The zero-order valence-corrected chi connectivity index (χ0v) is 18.7. The predicted molar refractivity (Wildman–Crippen MR) is 118 cm³/mol. The van der Waals surface area contributed by atoms with E-state index in [2.05, 4.69) is 4.74 Å². The van der Waals surface area contributed by atoms with Crippen molar-refractivity contribution in [2.45, 2.75) is 12.8 Å². The molecule has 0 N–H and O–H groups in total. The zero-order chi connectivity index (χ0) is 25.6. The first-order chi connectivity index (χ1) is 16.8. The van der Waals surface area contributed by atoms with Crippen molar-refractivity contribution in [2.24, 2.45) is 5.92 Å². The van der Waals surface area contributed by atoms with Gasteiger partial charge >= 0.3 is 35.8 Å². The molecular formula is C25H22O10. The lowest BCUT2D eigenvalue weighted by molar-refractivity contribution is -0.173. The summed E-state index contributed by atoms with van der Waals surface area (Å²) in [5.41, 5.74) is 1.11. The molecule has 0 aliphatic carbocycles. The molecule has 0 spiro atoms. The molecule has 0 aliphatic rings. The molecule has 0 aromatic heterocycles. The van der Waals surface area contributed by atoms with Crippen LogP contribution in [0.2, 0.25) is 0 Å². The molecular weight excluding hydrogens is 460 g/mol. The van der Waals surface area contributed by atoms with Gasteiger partial charge in [0.1, 0.15) is 6.61 Å². The fourth-order valence-corrected chi connectivity index (χ4v) is 2.61. The van der Waals surface area contributed by atoms with Crippen molar-refractivity contribution >= 4 is 35.8 Å². The summed E-state index contributed by atoms with van der Waals surface area (Å²) in [7, 11) is 1.10. The van der Waals surface area contributed by atoms with Crippen molar-refractivity contribution in [2.75, 3.05) is 13.7 Å². The minimum atomic E-state index is -1.93. The Balaban J connectivity index is 2.05. The molecule has 0 saturated carbocycles. The molecule has 35 heavy (non-hydrogen) atoms. The van der Waals surface area contributed by atoms with Crippen molar-refractivity contribution < 1.29 is 47.7 Å². The molecule has 2 rings (SSSR count). The summed E-state index contributed by atoms with van der Waals surface area (Å²) in [6.45, 7) is -0.904. The summed E-state index contributed by atoms with van der Waals surface area (Å²) in [6.07, 6.45) is 0.952. The smallest absolute Gasteiger partial charge is 0.331 e. The lowest BCUT2D eigenvalue weighted by Crippen LogP contribution is -2.35. The molecule has 0 fully saturated rings. The van der Waals surface area contributed by atoms with Crippen LogP contribution in [0.15, 0.2) is 72.8 Å². The Morgan fingerprint density at radius 2 is 1.11 bits per heavy atom. The Morgan fingerprint density at radius 1 is 0.686 bits per heavy atom. The number of esters is 6. The normalized spacial score (nSPS) is 10.5. The maximum absolute atomic E-state index is 12.5. The molecule has 0 atom stereocenters. The first kappa shape index (κ1) is 26.7. The van der Waals surface area contributed by atoms with Crippen LogP contribution in [-0.4, -0.2) is 49.5 Å². The largest absolute Gasteiger partial charge is 0.466 e. The number of carbonyl (C=O) groups is 6. The standard InChI is InChI=1S/C25H22O10/c1-32-20(26)12-13-21(27)33-16-19(24(30)34-22(28)14-17-8-4-2-5-9-17)25(31)35-23(29)15-18-10-6-3-7-11-18/h2-13,19H,14-16H2,1H3/b13-12-. The summed E-state index contributed by atoms with van der Waals surface area (Å²) >= 11 is 0. The van der Waals surface area contributed by atoms with E-state index in [0.717, 1.165) is 13.2 Å². The highest BCUT2D eigenvalue weighted by Crippen LogP contribution is 2.10. The van der Waals surface area contributed by atoms with Gasteiger partial charge < -0.3 is 18.9 Å². The summed E-state index contributed by atoms with van der Waals surface area (Å²) in [5.74, 6) is -8.52. The molecule has 0 bridgehead atoms. The molecule has 182 valence electrons. The fourth-order valence-electron chi connectivity index (χ4n) is 2.61. The third-order valence-corrected chi connectivity index (χ3v) is 4.33. The fraction of sp³-hybridized carbons (Fsp3) is 0.200. The highest BCUT2D eigenvalue weighted by Gasteiger charge is 2.34. The molecule has 0 aliphatic heterocycles. The van der Waals surface area contributed by atoms with E-state index in [9.17, 15) is 28.8 Å². The van der Waals surface area contributed by atoms with E-state index in [-0.39, 0.29) is 12.8 Å². The van der Waals surface area contributed by atoms with Crippen molar-refractivity contribution in [3.05, 3.63) is 83.9 Å². The van der Waals surface area contributed by atoms with Crippen LogP contribution in [0, 0.1) is 5.92 Å². The SMILES string of the molecule is COC(=O)/C=C\C(=O)OCC(C(=O)OC(=O)Cc1ccccc1)C(=O)OC(=O)Cc1ccccc1. The van der Waals surface area contributed by atoms with E-state index in [1.54, 1.807) is 60.7 Å². The van der Waals surface area contributed by atoms with Gasteiger partial charge in [0.2, 0.25) is 0 Å². The second-order valence-electron chi connectivity index (χ2n) is 6.95. The number of carbonyl (C=O) groups excluding carboxylic acids is 6. The topological polar surface area (TPSA) is 139 Å². The molecule has 0 heterocycles. The van der Waals surface area contributed by atoms with Crippen molar-refractivity contribution in [3.63, 3.8) is 0 Å². The van der Waals surface area contributed by atoms with Crippen LogP contribution in [0.5, 0.6) is 0 Å². The molecule has 2 aromatic carbocycles. The second-order valence-corrected chi connectivity index (χ2v) is 6.95. The molecule has 10 heteroatoms. The second kappa shape index (κ2) is 13.8. The van der Waals surface area contributed by atoms with Gasteiger partial charge in [-0.1, -0.05) is 60.7 Å². The third kappa shape index (κ3) is 9.82. The monoisotopic (exact) mass is 482 g/mol. The summed E-state index contributed by atoms with van der Waals surface area (Å²) in [6, 6.07) is 16.8. The van der Waals surface area contributed by atoms with Crippen LogP contribution in [0.1, 0.15) is 11.1 Å². The van der Waals surface area contributed by atoms with Gasteiger partial charge in [0.15, 0.2) is 5.92 Å².